The number of benzene rings is 2. The second kappa shape index (κ2) is 9.25. The van der Waals surface area contributed by atoms with E-state index in [4.69, 9.17) is 0 Å². The number of halogens is 3. The Hall–Kier alpha value is -3.24. The third kappa shape index (κ3) is 4.75. The van der Waals surface area contributed by atoms with Crippen LogP contribution in [0.4, 0.5) is 13.2 Å². The van der Waals surface area contributed by atoms with Crippen molar-refractivity contribution in [2.75, 3.05) is 13.1 Å². The Morgan fingerprint density at radius 1 is 1.11 bits per heavy atom. The molecule has 2 aromatic rings. The quantitative estimate of drug-likeness (QED) is 0.611. The molecule has 0 spiro atoms. The van der Waals surface area contributed by atoms with E-state index in [0.29, 0.717) is 37.2 Å². The van der Waals surface area contributed by atoms with Crippen molar-refractivity contribution in [1.29, 1.82) is 0 Å². The van der Waals surface area contributed by atoms with Crippen LogP contribution in [-0.2, 0) is 34.5 Å². The number of rotatable bonds is 4. The van der Waals surface area contributed by atoms with Crippen LogP contribution in [0.5, 0.6) is 0 Å². The van der Waals surface area contributed by atoms with Crippen molar-refractivity contribution in [3.05, 3.63) is 70.3 Å². The third-order valence-corrected chi connectivity index (χ3v) is 7.87. The molecule has 2 N–H and O–H groups in total. The molecule has 7 nitrogen and oxygen atoms in total. The van der Waals surface area contributed by atoms with E-state index in [1.807, 2.05) is 13.0 Å². The highest BCUT2D eigenvalue weighted by Gasteiger charge is 2.43. The Labute approximate surface area is 212 Å². The fourth-order valence-electron chi connectivity index (χ4n) is 5.68. The van der Waals surface area contributed by atoms with E-state index in [1.54, 1.807) is 12.1 Å². The second-order valence-corrected chi connectivity index (χ2v) is 10.3. The smallest absolute Gasteiger partial charge is 0.385 e. The topological polar surface area (TPSA) is 89.9 Å². The van der Waals surface area contributed by atoms with Crippen LogP contribution in [0.15, 0.2) is 42.5 Å². The number of piperidine rings is 2. The molecule has 5 rings (SSSR count). The van der Waals surface area contributed by atoms with Crippen molar-refractivity contribution in [2.45, 2.75) is 57.1 Å². The predicted octanol–water partition coefficient (Wildman–Crippen LogP) is 3.20. The highest BCUT2D eigenvalue weighted by atomic mass is 19.4. The van der Waals surface area contributed by atoms with E-state index in [0.717, 1.165) is 23.3 Å². The predicted molar refractivity (Wildman–Crippen MR) is 127 cm³/mol. The number of likely N-dealkylation sites (tertiary alicyclic amines) is 1. The van der Waals surface area contributed by atoms with E-state index in [9.17, 15) is 32.7 Å². The average Bonchev–Trinajstić information content (AvgIpc) is 3.17. The van der Waals surface area contributed by atoms with Gasteiger partial charge in [-0.1, -0.05) is 31.2 Å². The van der Waals surface area contributed by atoms with Gasteiger partial charge in [0.15, 0.2) is 0 Å². The average molecular weight is 516 g/mol. The summed E-state index contributed by atoms with van der Waals surface area (Å²) in [6.45, 7) is 3.76. The molecule has 2 saturated heterocycles. The zero-order valence-electron chi connectivity index (χ0n) is 20.3. The first kappa shape index (κ1) is 25.4. The van der Waals surface area contributed by atoms with Gasteiger partial charge in [-0.05, 0) is 47.7 Å². The summed E-state index contributed by atoms with van der Waals surface area (Å²) in [6, 6.07) is 9.73. The molecule has 0 bridgehead atoms. The molecule has 37 heavy (non-hydrogen) atoms. The van der Waals surface area contributed by atoms with Gasteiger partial charge in [-0.15, -0.1) is 0 Å². The van der Waals surface area contributed by atoms with Crippen molar-refractivity contribution in [3.8, 4) is 0 Å². The Morgan fingerprint density at radius 2 is 1.84 bits per heavy atom. The highest BCUT2D eigenvalue weighted by molar-refractivity contribution is 6.05. The molecule has 0 aromatic heterocycles. The molecule has 3 aliphatic heterocycles. The van der Waals surface area contributed by atoms with Gasteiger partial charge in [0.05, 0.1) is 11.2 Å². The van der Waals surface area contributed by atoms with Crippen LogP contribution in [0.2, 0.25) is 0 Å². The molecule has 2 fully saturated rings. The number of amides is 3. The summed E-state index contributed by atoms with van der Waals surface area (Å²) in [7, 11) is 0. The molecule has 0 radical (unpaired) electrons. The van der Waals surface area contributed by atoms with E-state index >= 15 is 0 Å². The number of alkyl halides is 3. The minimum atomic E-state index is -4.37. The lowest BCUT2D eigenvalue weighted by Crippen LogP contribution is -2.52. The molecule has 3 heterocycles. The molecule has 196 valence electrons. The van der Waals surface area contributed by atoms with Gasteiger partial charge in [-0.25, -0.2) is 0 Å². The van der Waals surface area contributed by atoms with Gasteiger partial charge in [-0.2, -0.15) is 13.2 Å². The fraction of sp³-hybridized carbons (Fsp3) is 0.444. The maximum atomic E-state index is 13.0. The van der Waals surface area contributed by atoms with Crippen molar-refractivity contribution < 1.29 is 32.7 Å². The van der Waals surface area contributed by atoms with Crippen LogP contribution in [0.3, 0.4) is 0 Å². The number of aliphatic hydroxyl groups is 1. The summed E-state index contributed by atoms with van der Waals surface area (Å²) in [6.07, 6.45) is -3.47. The van der Waals surface area contributed by atoms with Gasteiger partial charge in [0, 0.05) is 44.1 Å². The molecule has 3 aliphatic rings. The summed E-state index contributed by atoms with van der Waals surface area (Å²) in [4.78, 5) is 40.4. The zero-order valence-corrected chi connectivity index (χ0v) is 20.3. The lowest BCUT2D eigenvalue weighted by atomic mass is 9.76. The van der Waals surface area contributed by atoms with Crippen LogP contribution in [0.25, 0.3) is 0 Å². The number of nitrogens with zero attached hydrogens (tertiary/aromatic N) is 2. The molecule has 3 unspecified atom stereocenters. The number of hydrogen-bond acceptors (Lipinski definition) is 5. The largest absolute Gasteiger partial charge is 0.416 e. The molecule has 0 aliphatic carbocycles. The second-order valence-electron chi connectivity index (χ2n) is 10.3. The van der Waals surface area contributed by atoms with Crippen molar-refractivity contribution in [3.63, 3.8) is 0 Å². The van der Waals surface area contributed by atoms with Gasteiger partial charge in [0.25, 0.3) is 5.91 Å². The summed E-state index contributed by atoms with van der Waals surface area (Å²) >= 11 is 0. The number of carbonyl (C=O) groups excluding carboxylic acids is 3. The molecular formula is C27H28F3N3O4. The van der Waals surface area contributed by atoms with Crippen molar-refractivity contribution in [1.82, 2.24) is 15.1 Å². The van der Waals surface area contributed by atoms with E-state index in [1.165, 1.54) is 17.0 Å². The van der Waals surface area contributed by atoms with E-state index < -0.39 is 29.3 Å². The van der Waals surface area contributed by atoms with Gasteiger partial charge in [-0.3, -0.25) is 24.6 Å². The molecule has 0 saturated carbocycles. The standard InChI is InChI=1S/C27H28F3N3O4/c1-16-13-32(14-17-2-4-19(5-3-17)27(28,29)30)11-10-26(16,37)20-6-7-21-18(12-20)15-33(25(21)36)22-8-9-23(34)31-24(22)35/h2-7,12,16,22,37H,8-11,13-15H2,1H3,(H,31,34,35). The fourth-order valence-corrected chi connectivity index (χ4v) is 5.68. The molecule has 3 amide bonds. The Morgan fingerprint density at radius 3 is 2.49 bits per heavy atom. The number of hydrogen-bond donors (Lipinski definition) is 2. The zero-order chi connectivity index (χ0) is 26.5. The van der Waals surface area contributed by atoms with Gasteiger partial charge in [0.1, 0.15) is 6.04 Å². The first-order chi connectivity index (χ1) is 17.5. The van der Waals surface area contributed by atoms with Crippen molar-refractivity contribution >= 4 is 17.7 Å². The number of carbonyl (C=O) groups is 3. The number of imide groups is 1. The first-order valence-corrected chi connectivity index (χ1v) is 12.3. The van der Waals surface area contributed by atoms with Gasteiger partial charge >= 0.3 is 6.18 Å². The van der Waals surface area contributed by atoms with Crippen LogP contribution >= 0.6 is 0 Å². The number of fused-ring (bicyclic) bond motifs is 1. The Bertz CT molecular complexity index is 1250. The third-order valence-electron chi connectivity index (χ3n) is 7.87. The maximum Gasteiger partial charge on any atom is 0.416 e. The maximum absolute atomic E-state index is 13.0. The van der Waals surface area contributed by atoms with E-state index in [-0.39, 0.29) is 37.1 Å². The van der Waals surface area contributed by atoms with E-state index in [2.05, 4.69) is 10.2 Å². The van der Waals surface area contributed by atoms with Gasteiger partial charge in [0.2, 0.25) is 11.8 Å². The minimum Gasteiger partial charge on any atom is -0.385 e. The Balaban J connectivity index is 1.27. The number of nitrogens with one attached hydrogen (secondary N) is 1. The lowest BCUT2D eigenvalue weighted by Gasteiger charge is -2.43. The summed E-state index contributed by atoms with van der Waals surface area (Å²) in [5, 5.41) is 13.9. The lowest BCUT2D eigenvalue weighted by molar-refractivity contribution is -0.138. The highest BCUT2D eigenvalue weighted by Crippen LogP contribution is 2.40. The van der Waals surface area contributed by atoms with Crippen LogP contribution in [0.1, 0.15) is 58.8 Å². The molecular weight excluding hydrogens is 487 g/mol. The summed E-state index contributed by atoms with van der Waals surface area (Å²) in [5.41, 5.74) is 0.894. The van der Waals surface area contributed by atoms with Crippen LogP contribution in [-0.4, -0.2) is 51.8 Å². The summed E-state index contributed by atoms with van der Waals surface area (Å²) in [5.74, 6) is -1.24. The molecule has 3 atom stereocenters. The molecule has 2 aromatic carbocycles. The normalized spacial score (nSPS) is 26.8. The SMILES string of the molecule is CC1CN(Cc2ccc(C(F)(F)F)cc2)CCC1(O)c1ccc2c(c1)CN(C1CCC(=O)NC1=O)C2=O. The van der Waals surface area contributed by atoms with Gasteiger partial charge < -0.3 is 10.0 Å². The first-order valence-electron chi connectivity index (χ1n) is 12.3. The molecule has 10 heteroatoms. The minimum absolute atomic E-state index is 0.169. The Kier molecular flexibility index (Phi) is 6.35. The summed E-state index contributed by atoms with van der Waals surface area (Å²) < 4.78 is 38.5. The van der Waals surface area contributed by atoms with Crippen molar-refractivity contribution in [2.24, 2.45) is 5.92 Å². The van der Waals surface area contributed by atoms with Crippen LogP contribution < -0.4 is 5.32 Å². The van der Waals surface area contributed by atoms with Crippen LogP contribution in [0, 0.1) is 5.92 Å². The monoisotopic (exact) mass is 515 g/mol.